The quantitative estimate of drug-likeness (QED) is 0.285. The van der Waals surface area contributed by atoms with Gasteiger partial charge in [-0.2, -0.15) is 0 Å². The highest BCUT2D eigenvalue weighted by Gasteiger charge is 2.10. The molecule has 1 rings (SSSR count). The van der Waals surface area contributed by atoms with Gasteiger partial charge in [0.2, 0.25) is 0 Å². The number of hydrogen-bond acceptors (Lipinski definition) is 3. The van der Waals surface area contributed by atoms with Crippen molar-refractivity contribution in [1.29, 1.82) is 0 Å². The lowest BCUT2D eigenvalue weighted by atomic mass is 10.2. The van der Waals surface area contributed by atoms with Crippen LogP contribution in [0, 0.1) is 7.14 Å². The lowest BCUT2D eigenvalue weighted by Crippen LogP contribution is -2.30. The van der Waals surface area contributed by atoms with Gasteiger partial charge in [-0.15, -0.1) is 0 Å². The second kappa shape index (κ2) is 4.42. The van der Waals surface area contributed by atoms with Crippen molar-refractivity contribution in [3.8, 4) is 5.75 Å². The van der Waals surface area contributed by atoms with E-state index >= 15 is 0 Å². The second-order valence-corrected chi connectivity index (χ2v) is 4.59. The zero-order valence-corrected chi connectivity index (χ0v) is 10.7. The maximum atomic E-state index is 11.1. The number of benzene rings is 1. The third-order valence-corrected chi connectivity index (χ3v) is 3.05. The molecule has 70 valence electrons. The molecule has 0 aliphatic carbocycles. The molecule has 4 nitrogen and oxygen atoms in total. The number of halogens is 2. The largest absolute Gasteiger partial charge is 0.506 e. The smallest absolute Gasteiger partial charge is 0.265 e. The van der Waals surface area contributed by atoms with Gasteiger partial charge in [-0.25, -0.2) is 5.84 Å². The minimum Gasteiger partial charge on any atom is -0.506 e. The normalized spacial score (nSPS) is 9.77. The highest BCUT2D eigenvalue weighted by molar-refractivity contribution is 14.1. The Kier molecular flexibility index (Phi) is 3.74. The van der Waals surface area contributed by atoms with Crippen LogP contribution in [0.3, 0.4) is 0 Å². The van der Waals surface area contributed by atoms with Crippen molar-refractivity contribution < 1.29 is 9.90 Å². The van der Waals surface area contributed by atoms with Gasteiger partial charge in [-0.3, -0.25) is 10.2 Å². The van der Waals surface area contributed by atoms with E-state index in [1.807, 2.05) is 50.6 Å². The molecule has 0 aliphatic rings. The Labute approximate surface area is 102 Å². The minimum absolute atomic E-state index is 0.190. The Morgan fingerprint density at radius 3 is 2.23 bits per heavy atom. The van der Waals surface area contributed by atoms with Gasteiger partial charge in [0, 0.05) is 5.56 Å². The van der Waals surface area contributed by atoms with E-state index in [0.29, 0.717) is 12.7 Å². The Balaban J connectivity index is 3.20. The second-order valence-electron chi connectivity index (χ2n) is 2.26. The summed E-state index contributed by atoms with van der Waals surface area (Å²) in [6.45, 7) is 0. The Bertz CT molecular complexity index is 331. The fraction of sp³-hybridized carbons (Fsp3) is 0. The fourth-order valence-electron chi connectivity index (χ4n) is 0.780. The summed E-state index contributed by atoms with van der Waals surface area (Å²) in [5.74, 6) is 4.80. The number of nitrogens with two attached hydrogens (primary N) is 1. The van der Waals surface area contributed by atoms with E-state index in [1.54, 1.807) is 12.1 Å². The van der Waals surface area contributed by atoms with E-state index in [2.05, 4.69) is 0 Å². The third-order valence-electron chi connectivity index (χ3n) is 1.41. The van der Waals surface area contributed by atoms with Gasteiger partial charge in [0.05, 0.1) is 7.14 Å². The molecule has 4 N–H and O–H groups in total. The summed E-state index contributed by atoms with van der Waals surface area (Å²) >= 11 is 3.90. The molecule has 0 saturated carbocycles. The van der Waals surface area contributed by atoms with Crippen molar-refractivity contribution in [3.63, 3.8) is 0 Å². The molecule has 0 atom stereocenters. The summed E-state index contributed by atoms with van der Waals surface area (Å²) in [7, 11) is 0. The number of aromatic hydroxyl groups is 1. The molecule has 1 amide bonds. The van der Waals surface area contributed by atoms with Crippen LogP contribution < -0.4 is 11.3 Å². The SMILES string of the molecule is NNC(=O)c1cc(I)c(O)c(I)c1. The van der Waals surface area contributed by atoms with Crippen LogP contribution in [0.1, 0.15) is 10.4 Å². The Hall–Kier alpha value is -0.0900. The number of phenols is 1. The van der Waals surface area contributed by atoms with Gasteiger partial charge in [0.15, 0.2) is 0 Å². The number of hydrazine groups is 1. The molecular formula is C7H6I2N2O2. The van der Waals surface area contributed by atoms with Crippen LogP contribution in [0.5, 0.6) is 5.75 Å². The monoisotopic (exact) mass is 404 g/mol. The average Bonchev–Trinajstić information content (AvgIpc) is 2.12. The van der Waals surface area contributed by atoms with Crippen LogP contribution in [-0.2, 0) is 0 Å². The summed E-state index contributed by atoms with van der Waals surface area (Å²) in [6.07, 6.45) is 0. The fourth-order valence-corrected chi connectivity index (χ4v) is 2.55. The molecule has 0 unspecified atom stereocenters. The third kappa shape index (κ3) is 2.44. The van der Waals surface area contributed by atoms with E-state index in [1.165, 1.54) is 0 Å². The topological polar surface area (TPSA) is 75.3 Å². The number of carbonyl (C=O) groups is 1. The first-order valence-corrected chi connectivity index (χ1v) is 5.41. The molecular weight excluding hydrogens is 398 g/mol. The van der Waals surface area contributed by atoms with Crippen LogP contribution in [-0.4, -0.2) is 11.0 Å². The Morgan fingerprint density at radius 2 is 1.85 bits per heavy atom. The number of rotatable bonds is 1. The first-order chi connectivity index (χ1) is 6.06. The molecule has 0 aromatic heterocycles. The molecule has 0 heterocycles. The molecule has 6 heteroatoms. The number of carbonyl (C=O) groups excluding carboxylic acids is 1. The van der Waals surface area contributed by atoms with Gasteiger partial charge < -0.3 is 5.11 Å². The van der Waals surface area contributed by atoms with Crippen molar-refractivity contribution in [3.05, 3.63) is 24.8 Å². The number of amides is 1. The molecule has 0 saturated heterocycles. The van der Waals surface area contributed by atoms with E-state index in [0.717, 1.165) is 0 Å². The first-order valence-electron chi connectivity index (χ1n) is 3.25. The minimum atomic E-state index is -0.365. The number of nitrogens with one attached hydrogen (secondary N) is 1. The van der Waals surface area contributed by atoms with Crippen molar-refractivity contribution >= 4 is 51.1 Å². The summed E-state index contributed by atoms with van der Waals surface area (Å²) in [5, 5.41) is 9.41. The molecule has 0 radical (unpaired) electrons. The summed E-state index contributed by atoms with van der Waals surface area (Å²) in [4.78, 5) is 11.1. The maximum absolute atomic E-state index is 11.1. The van der Waals surface area contributed by atoms with Crippen LogP contribution in [0.25, 0.3) is 0 Å². The lowest BCUT2D eigenvalue weighted by Gasteiger charge is -2.04. The summed E-state index contributed by atoms with van der Waals surface area (Å²) < 4.78 is 1.26. The van der Waals surface area contributed by atoms with Crippen molar-refractivity contribution in [2.24, 2.45) is 5.84 Å². The van der Waals surface area contributed by atoms with Gasteiger partial charge in [0.25, 0.3) is 5.91 Å². The lowest BCUT2D eigenvalue weighted by molar-refractivity contribution is 0.0953. The zero-order valence-electron chi connectivity index (χ0n) is 6.34. The Morgan fingerprint density at radius 1 is 1.38 bits per heavy atom. The van der Waals surface area contributed by atoms with E-state index in [-0.39, 0.29) is 11.7 Å². The first kappa shape index (κ1) is 11.0. The molecule has 0 fully saturated rings. The van der Waals surface area contributed by atoms with Crippen LogP contribution >= 0.6 is 45.2 Å². The molecule has 1 aromatic carbocycles. The predicted octanol–water partition coefficient (Wildman–Crippen LogP) is 1.20. The van der Waals surface area contributed by atoms with Crippen molar-refractivity contribution in [2.75, 3.05) is 0 Å². The summed E-state index contributed by atoms with van der Waals surface area (Å²) in [5.41, 5.74) is 2.47. The molecule has 0 spiro atoms. The van der Waals surface area contributed by atoms with Gasteiger partial charge >= 0.3 is 0 Å². The van der Waals surface area contributed by atoms with E-state index in [9.17, 15) is 9.90 Å². The molecule has 13 heavy (non-hydrogen) atoms. The zero-order chi connectivity index (χ0) is 10.0. The standard InChI is InChI=1S/C7H6I2N2O2/c8-4-1-3(7(13)11-10)2-5(9)6(4)12/h1-2,12H,10H2,(H,11,13). The molecule has 0 aliphatic heterocycles. The number of phenolic OH excluding ortho intramolecular Hbond substituents is 1. The van der Waals surface area contributed by atoms with Crippen LogP contribution in [0.15, 0.2) is 12.1 Å². The van der Waals surface area contributed by atoms with Crippen LogP contribution in [0.4, 0.5) is 0 Å². The van der Waals surface area contributed by atoms with E-state index < -0.39 is 0 Å². The predicted molar refractivity (Wildman–Crippen MR) is 65.2 cm³/mol. The van der Waals surface area contributed by atoms with Gasteiger partial charge in [0.1, 0.15) is 5.75 Å². The van der Waals surface area contributed by atoms with Gasteiger partial charge in [-0.1, -0.05) is 0 Å². The number of nitrogen functional groups attached to an aromatic ring is 1. The van der Waals surface area contributed by atoms with Gasteiger partial charge in [-0.05, 0) is 57.3 Å². The summed E-state index contributed by atoms with van der Waals surface area (Å²) in [6, 6.07) is 3.14. The average molecular weight is 404 g/mol. The van der Waals surface area contributed by atoms with Crippen molar-refractivity contribution in [1.82, 2.24) is 5.43 Å². The molecule has 0 bridgehead atoms. The number of hydrogen-bond donors (Lipinski definition) is 3. The van der Waals surface area contributed by atoms with E-state index in [4.69, 9.17) is 5.84 Å². The highest BCUT2D eigenvalue weighted by atomic mass is 127. The van der Waals surface area contributed by atoms with Crippen molar-refractivity contribution in [2.45, 2.75) is 0 Å². The molecule has 1 aromatic rings. The van der Waals surface area contributed by atoms with Crippen LogP contribution in [0.2, 0.25) is 0 Å². The maximum Gasteiger partial charge on any atom is 0.265 e. The highest BCUT2D eigenvalue weighted by Crippen LogP contribution is 2.27.